The highest BCUT2D eigenvalue weighted by atomic mass is 35.5. The average Bonchev–Trinajstić information content (AvgIpc) is 2.35. The van der Waals surface area contributed by atoms with E-state index >= 15 is 0 Å². The number of hydrogen-bond acceptors (Lipinski definition) is 6. The van der Waals surface area contributed by atoms with E-state index in [-0.39, 0.29) is 24.6 Å². The minimum atomic E-state index is -4.75. The van der Waals surface area contributed by atoms with Crippen molar-refractivity contribution in [3.8, 4) is 0 Å². The summed E-state index contributed by atoms with van der Waals surface area (Å²) in [6.07, 6.45) is -5.40. The minimum Gasteiger partial charge on any atom is -0.444 e. The molecule has 0 saturated heterocycles. The fourth-order valence-corrected chi connectivity index (χ4v) is 1.53. The van der Waals surface area contributed by atoms with Crippen LogP contribution in [-0.4, -0.2) is 34.8 Å². The number of rotatable bonds is 4. The van der Waals surface area contributed by atoms with Gasteiger partial charge >= 0.3 is 12.3 Å². The van der Waals surface area contributed by atoms with Crippen LogP contribution in [-0.2, 0) is 10.9 Å². The predicted octanol–water partition coefficient (Wildman–Crippen LogP) is 2.67. The maximum absolute atomic E-state index is 12.6. The van der Waals surface area contributed by atoms with Crippen LogP contribution in [0.2, 0.25) is 5.15 Å². The van der Waals surface area contributed by atoms with Crippen molar-refractivity contribution < 1.29 is 22.7 Å². The van der Waals surface area contributed by atoms with E-state index in [1.54, 1.807) is 20.8 Å². The van der Waals surface area contributed by atoms with Crippen molar-refractivity contribution in [3.05, 3.63) is 11.0 Å². The third kappa shape index (κ3) is 6.35. The molecule has 1 heterocycles. The topological polar surface area (TPSA) is 102 Å². The summed E-state index contributed by atoms with van der Waals surface area (Å²) in [4.78, 5) is 17.8. The number of aromatic nitrogens is 2. The Bertz CT molecular complexity index is 575. The summed E-state index contributed by atoms with van der Waals surface area (Å²) < 4.78 is 42.8. The van der Waals surface area contributed by atoms with Gasteiger partial charge in [-0.3, -0.25) is 0 Å². The van der Waals surface area contributed by atoms with Crippen LogP contribution in [0.25, 0.3) is 0 Å². The van der Waals surface area contributed by atoms with Crippen LogP contribution in [0.3, 0.4) is 0 Å². The van der Waals surface area contributed by atoms with Gasteiger partial charge in [0.2, 0.25) is 5.82 Å². The third-order valence-electron chi connectivity index (χ3n) is 2.24. The number of anilines is 2. The predicted molar refractivity (Wildman–Crippen MR) is 79.2 cm³/mol. The zero-order valence-corrected chi connectivity index (χ0v) is 13.5. The number of ether oxygens (including phenoxy) is 1. The van der Waals surface area contributed by atoms with E-state index in [1.807, 2.05) is 0 Å². The molecule has 1 aromatic rings. The third-order valence-corrected chi connectivity index (χ3v) is 2.53. The standard InChI is InChI=1S/C12H17ClF3N5O2/c1-11(2,3)23-10(22)19-5-4-18-8-6(17)7(13)20-9(21-8)12(14,15)16/h4-5,17H2,1-3H3,(H,19,22)(H,18,20,21). The summed E-state index contributed by atoms with van der Waals surface area (Å²) in [5.74, 6) is -1.66. The van der Waals surface area contributed by atoms with Crippen LogP contribution < -0.4 is 16.4 Å². The van der Waals surface area contributed by atoms with E-state index in [4.69, 9.17) is 22.1 Å². The fraction of sp³-hybridized carbons (Fsp3) is 0.583. The Hall–Kier alpha value is -1.97. The summed E-state index contributed by atoms with van der Waals surface area (Å²) in [6, 6.07) is 0. The number of carbonyl (C=O) groups is 1. The summed E-state index contributed by atoms with van der Waals surface area (Å²) in [7, 11) is 0. The fourth-order valence-electron chi connectivity index (χ4n) is 1.36. The molecule has 1 aromatic heterocycles. The van der Waals surface area contributed by atoms with Gasteiger partial charge in [0.1, 0.15) is 11.3 Å². The maximum Gasteiger partial charge on any atom is 0.451 e. The number of alkyl carbamates (subject to hydrolysis) is 1. The van der Waals surface area contributed by atoms with Crippen LogP contribution in [0, 0.1) is 0 Å². The van der Waals surface area contributed by atoms with Gasteiger partial charge in [0.15, 0.2) is 11.0 Å². The zero-order chi connectivity index (χ0) is 17.8. The Morgan fingerprint density at radius 2 is 1.87 bits per heavy atom. The lowest BCUT2D eigenvalue weighted by Crippen LogP contribution is -2.35. The van der Waals surface area contributed by atoms with Crippen molar-refractivity contribution >= 4 is 29.2 Å². The second-order valence-electron chi connectivity index (χ2n) is 5.45. The van der Waals surface area contributed by atoms with Crippen LogP contribution in [0.1, 0.15) is 26.6 Å². The molecule has 7 nitrogen and oxygen atoms in total. The number of nitrogen functional groups attached to an aromatic ring is 1. The Balaban J connectivity index is 2.62. The monoisotopic (exact) mass is 355 g/mol. The van der Waals surface area contributed by atoms with Crippen LogP contribution in [0.4, 0.5) is 29.5 Å². The van der Waals surface area contributed by atoms with Crippen LogP contribution in [0.15, 0.2) is 0 Å². The maximum atomic E-state index is 12.6. The number of carbonyl (C=O) groups excluding carboxylic acids is 1. The highest BCUT2D eigenvalue weighted by molar-refractivity contribution is 6.32. The quantitative estimate of drug-likeness (QED) is 0.567. The molecule has 0 bridgehead atoms. The molecule has 0 spiro atoms. The molecule has 0 fully saturated rings. The molecule has 1 amide bonds. The van der Waals surface area contributed by atoms with Gasteiger partial charge in [0.25, 0.3) is 0 Å². The molecular formula is C12H17ClF3N5O2. The second kappa shape index (κ2) is 7.07. The Kier molecular flexibility index (Phi) is 5.86. The molecule has 23 heavy (non-hydrogen) atoms. The summed E-state index contributed by atoms with van der Waals surface area (Å²) >= 11 is 5.56. The molecule has 0 aliphatic rings. The lowest BCUT2D eigenvalue weighted by atomic mass is 10.2. The number of hydrogen-bond donors (Lipinski definition) is 3. The highest BCUT2D eigenvalue weighted by Gasteiger charge is 2.36. The van der Waals surface area contributed by atoms with Crippen molar-refractivity contribution in [2.45, 2.75) is 32.5 Å². The minimum absolute atomic E-state index is 0.0636. The van der Waals surface area contributed by atoms with Gasteiger partial charge in [-0.05, 0) is 20.8 Å². The molecule has 130 valence electrons. The van der Waals surface area contributed by atoms with Gasteiger partial charge < -0.3 is 21.1 Å². The van der Waals surface area contributed by atoms with Crippen LogP contribution >= 0.6 is 11.6 Å². The zero-order valence-electron chi connectivity index (χ0n) is 12.7. The number of nitrogens with one attached hydrogen (secondary N) is 2. The number of nitrogens with zero attached hydrogens (tertiary/aromatic N) is 2. The molecule has 11 heteroatoms. The number of amides is 1. The largest absolute Gasteiger partial charge is 0.451 e. The number of alkyl halides is 3. The molecule has 0 aliphatic heterocycles. The second-order valence-corrected chi connectivity index (χ2v) is 5.81. The molecule has 0 aromatic carbocycles. The van der Waals surface area contributed by atoms with Crippen LogP contribution in [0.5, 0.6) is 0 Å². The van der Waals surface area contributed by atoms with Crippen molar-refractivity contribution in [1.29, 1.82) is 0 Å². The first-order valence-electron chi connectivity index (χ1n) is 6.51. The van der Waals surface area contributed by atoms with E-state index in [9.17, 15) is 18.0 Å². The van der Waals surface area contributed by atoms with E-state index in [0.717, 1.165) is 0 Å². The SMILES string of the molecule is CC(C)(C)OC(=O)NCCNc1nc(C(F)(F)F)nc(Cl)c1N. The lowest BCUT2D eigenvalue weighted by molar-refractivity contribution is -0.144. The van der Waals surface area contributed by atoms with Crippen molar-refractivity contribution in [3.63, 3.8) is 0 Å². The van der Waals surface area contributed by atoms with E-state index in [1.165, 1.54) is 0 Å². The molecule has 0 atom stereocenters. The normalized spacial score (nSPS) is 12.0. The summed E-state index contributed by atoms with van der Waals surface area (Å²) in [5, 5.41) is 4.47. The first-order chi connectivity index (χ1) is 10.4. The Morgan fingerprint density at radius 3 is 2.39 bits per heavy atom. The number of nitrogens with two attached hydrogens (primary N) is 1. The Morgan fingerprint density at radius 1 is 1.26 bits per heavy atom. The first kappa shape index (κ1) is 19.1. The van der Waals surface area contributed by atoms with Gasteiger partial charge in [-0.15, -0.1) is 0 Å². The summed E-state index contributed by atoms with van der Waals surface area (Å²) in [6.45, 7) is 5.25. The average molecular weight is 356 g/mol. The molecule has 0 saturated carbocycles. The molecular weight excluding hydrogens is 339 g/mol. The summed E-state index contributed by atoms with van der Waals surface area (Å²) in [5.41, 5.74) is 4.66. The molecule has 1 rings (SSSR count). The number of halogens is 4. The first-order valence-corrected chi connectivity index (χ1v) is 6.89. The van der Waals surface area contributed by atoms with Crippen molar-refractivity contribution in [2.24, 2.45) is 0 Å². The lowest BCUT2D eigenvalue weighted by Gasteiger charge is -2.19. The van der Waals surface area contributed by atoms with Gasteiger partial charge in [0, 0.05) is 13.1 Å². The van der Waals surface area contributed by atoms with E-state index in [2.05, 4.69) is 20.6 Å². The highest BCUT2D eigenvalue weighted by Crippen LogP contribution is 2.31. The molecule has 0 radical (unpaired) electrons. The van der Waals surface area contributed by atoms with Gasteiger partial charge in [-0.25, -0.2) is 14.8 Å². The van der Waals surface area contributed by atoms with Gasteiger partial charge in [-0.2, -0.15) is 13.2 Å². The molecule has 4 N–H and O–H groups in total. The Labute approximate surface area is 135 Å². The smallest absolute Gasteiger partial charge is 0.444 e. The van der Waals surface area contributed by atoms with Gasteiger partial charge in [0.05, 0.1) is 0 Å². The van der Waals surface area contributed by atoms with E-state index in [0.29, 0.717) is 0 Å². The molecule has 0 aliphatic carbocycles. The van der Waals surface area contributed by atoms with Gasteiger partial charge in [-0.1, -0.05) is 11.6 Å². The molecule has 0 unspecified atom stereocenters. The van der Waals surface area contributed by atoms with Crippen molar-refractivity contribution in [1.82, 2.24) is 15.3 Å². The van der Waals surface area contributed by atoms with E-state index < -0.39 is 28.8 Å². The van der Waals surface area contributed by atoms with Crippen molar-refractivity contribution in [2.75, 3.05) is 24.1 Å².